The topological polar surface area (TPSA) is 3.24 Å². The van der Waals surface area contributed by atoms with Gasteiger partial charge in [0, 0.05) is 6.54 Å². The van der Waals surface area contributed by atoms with Gasteiger partial charge in [0.15, 0.2) is 0 Å². The van der Waals surface area contributed by atoms with Crippen LogP contribution in [0.25, 0.3) is 0 Å². The third-order valence-corrected chi connectivity index (χ3v) is 6.12. The molecule has 2 rings (SSSR count). The summed E-state index contributed by atoms with van der Waals surface area (Å²) in [4.78, 5) is 2.68. The van der Waals surface area contributed by atoms with Gasteiger partial charge in [-0.15, -0.1) is 23.5 Å². The molecule has 2 aliphatic rings. The maximum absolute atomic E-state index is 2.68. The van der Waals surface area contributed by atoms with Crippen LogP contribution in [0.3, 0.4) is 0 Å². The van der Waals surface area contributed by atoms with Crippen molar-refractivity contribution in [3.8, 4) is 0 Å². The Kier molecular flexibility index (Phi) is 3.49. The van der Waals surface area contributed by atoms with E-state index in [2.05, 4.69) is 42.3 Å². The lowest BCUT2D eigenvalue weighted by Crippen LogP contribution is -2.39. The zero-order chi connectivity index (χ0) is 9.26. The minimum atomic E-state index is 0.769. The first kappa shape index (κ1) is 10.2. The summed E-state index contributed by atoms with van der Waals surface area (Å²) in [5.74, 6) is 0. The molecule has 2 fully saturated rings. The van der Waals surface area contributed by atoms with Crippen molar-refractivity contribution in [2.24, 2.45) is 0 Å². The molecule has 3 heteroatoms. The molecule has 2 heterocycles. The number of hydrogen-bond donors (Lipinski definition) is 0. The number of thioether (sulfide) groups is 2. The van der Waals surface area contributed by atoms with Crippen molar-refractivity contribution in [1.29, 1.82) is 0 Å². The molecule has 0 aromatic rings. The molecule has 0 spiro atoms. The lowest BCUT2D eigenvalue weighted by Gasteiger charge is -2.39. The van der Waals surface area contributed by atoms with Gasteiger partial charge in [-0.3, -0.25) is 4.90 Å². The number of nitrogens with zero attached hydrogens (tertiary/aromatic N) is 1. The molecule has 0 amide bonds. The van der Waals surface area contributed by atoms with Crippen LogP contribution >= 0.6 is 23.5 Å². The molecule has 0 aliphatic carbocycles. The predicted molar refractivity (Wildman–Crippen MR) is 63.1 cm³/mol. The summed E-state index contributed by atoms with van der Waals surface area (Å²) in [7, 11) is 0. The van der Waals surface area contributed by atoms with Crippen molar-refractivity contribution in [3.63, 3.8) is 0 Å². The molecule has 0 radical (unpaired) electrons. The zero-order valence-corrected chi connectivity index (χ0v) is 10.2. The average Bonchev–Trinajstić information content (AvgIpc) is 2.53. The van der Waals surface area contributed by atoms with Gasteiger partial charge < -0.3 is 0 Å². The van der Waals surface area contributed by atoms with Crippen molar-refractivity contribution in [2.45, 2.75) is 54.9 Å². The highest BCUT2D eigenvalue weighted by atomic mass is 32.2. The number of hydrogen-bond acceptors (Lipinski definition) is 3. The van der Waals surface area contributed by atoms with Gasteiger partial charge in [0.05, 0.1) is 15.3 Å². The zero-order valence-electron chi connectivity index (χ0n) is 8.53. The van der Waals surface area contributed by atoms with Gasteiger partial charge in [0.25, 0.3) is 0 Å². The normalized spacial score (nSPS) is 40.6. The molecule has 0 aromatic carbocycles. The smallest absolute Gasteiger partial charge is 0.0578 e. The van der Waals surface area contributed by atoms with Crippen LogP contribution in [0.4, 0.5) is 0 Å². The van der Waals surface area contributed by atoms with E-state index in [0.29, 0.717) is 0 Å². The van der Waals surface area contributed by atoms with E-state index >= 15 is 0 Å². The van der Waals surface area contributed by atoms with Crippen LogP contribution in [0.5, 0.6) is 0 Å². The fraction of sp³-hybridized carbons (Fsp3) is 1.00. The number of fused-ring (bicyclic) bond motifs is 1. The summed E-state index contributed by atoms with van der Waals surface area (Å²) in [6.45, 7) is 6.02. The largest absolute Gasteiger partial charge is 0.280 e. The molecule has 2 aliphatic heterocycles. The lowest BCUT2D eigenvalue weighted by atomic mass is 10.4. The first-order chi connectivity index (χ1) is 6.31. The summed E-state index contributed by atoms with van der Waals surface area (Å²) in [5, 5.41) is 1.62. The molecule has 0 N–H and O–H groups in total. The van der Waals surface area contributed by atoms with Crippen molar-refractivity contribution in [1.82, 2.24) is 4.90 Å². The van der Waals surface area contributed by atoms with E-state index in [1.165, 1.54) is 32.2 Å². The Morgan fingerprint density at radius 2 is 2.23 bits per heavy atom. The van der Waals surface area contributed by atoms with Crippen LogP contribution in [0.15, 0.2) is 0 Å². The summed E-state index contributed by atoms with van der Waals surface area (Å²) >= 11 is 4.40. The molecule has 3 atom stereocenters. The van der Waals surface area contributed by atoms with Crippen molar-refractivity contribution in [3.05, 3.63) is 0 Å². The molecule has 1 nitrogen and oxygen atoms in total. The van der Waals surface area contributed by atoms with E-state index in [1.807, 2.05) is 0 Å². The van der Waals surface area contributed by atoms with Crippen molar-refractivity contribution < 1.29 is 0 Å². The van der Waals surface area contributed by atoms with Gasteiger partial charge >= 0.3 is 0 Å². The second kappa shape index (κ2) is 4.45. The quantitative estimate of drug-likeness (QED) is 0.698. The maximum atomic E-state index is 2.68. The van der Waals surface area contributed by atoms with E-state index in [9.17, 15) is 0 Å². The summed E-state index contributed by atoms with van der Waals surface area (Å²) in [5.41, 5.74) is 0. The van der Waals surface area contributed by atoms with Gasteiger partial charge in [-0.2, -0.15) is 0 Å². The Morgan fingerprint density at radius 1 is 1.38 bits per heavy atom. The first-order valence-corrected chi connectivity index (χ1v) is 7.26. The minimum Gasteiger partial charge on any atom is -0.280 e. The van der Waals surface area contributed by atoms with Crippen molar-refractivity contribution >= 4 is 23.5 Å². The van der Waals surface area contributed by atoms with Gasteiger partial charge in [-0.25, -0.2) is 0 Å². The lowest BCUT2D eigenvalue weighted by molar-refractivity contribution is 0.306. The standard InChI is InChI=1S/C10H19NS2/c1-3-5-10-12-8(2)11-7-4-6-9(11)13-10/h8-10H,3-7H2,1-2H3. The van der Waals surface area contributed by atoms with Crippen LogP contribution < -0.4 is 0 Å². The Hall–Kier alpha value is 0.660. The Bertz CT molecular complexity index is 174. The summed E-state index contributed by atoms with van der Waals surface area (Å²) < 4.78 is 0.874. The molecule has 13 heavy (non-hydrogen) atoms. The molecular weight excluding hydrogens is 198 g/mol. The Balaban J connectivity index is 1.93. The molecule has 76 valence electrons. The van der Waals surface area contributed by atoms with E-state index in [4.69, 9.17) is 0 Å². The van der Waals surface area contributed by atoms with Gasteiger partial charge in [0.1, 0.15) is 0 Å². The third kappa shape index (κ3) is 2.18. The third-order valence-electron chi connectivity index (χ3n) is 2.89. The minimum absolute atomic E-state index is 0.769. The summed E-state index contributed by atoms with van der Waals surface area (Å²) in [6.07, 6.45) is 5.57. The van der Waals surface area contributed by atoms with Crippen LogP contribution in [0, 0.1) is 0 Å². The fourth-order valence-corrected chi connectivity index (χ4v) is 6.09. The highest BCUT2D eigenvalue weighted by Gasteiger charge is 2.36. The monoisotopic (exact) mass is 217 g/mol. The second-order valence-electron chi connectivity index (χ2n) is 3.92. The SMILES string of the molecule is CCCC1SC(C)N2CCCC2S1. The molecule has 0 bridgehead atoms. The van der Waals surface area contributed by atoms with Crippen molar-refractivity contribution in [2.75, 3.05) is 6.54 Å². The van der Waals surface area contributed by atoms with E-state index < -0.39 is 0 Å². The van der Waals surface area contributed by atoms with Crippen LogP contribution in [0.2, 0.25) is 0 Å². The fourth-order valence-electron chi connectivity index (χ4n) is 2.20. The van der Waals surface area contributed by atoms with E-state index in [0.717, 1.165) is 15.3 Å². The van der Waals surface area contributed by atoms with Gasteiger partial charge in [-0.1, -0.05) is 13.3 Å². The molecule has 0 saturated carbocycles. The molecule has 3 unspecified atom stereocenters. The van der Waals surface area contributed by atoms with Gasteiger partial charge in [0.2, 0.25) is 0 Å². The van der Waals surface area contributed by atoms with E-state index in [-0.39, 0.29) is 0 Å². The second-order valence-corrected chi connectivity index (χ2v) is 7.13. The van der Waals surface area contributed by atoms with E-state index in [1.54, 1.807) is 0 Å². The average molecular weight is 217 g/mol. The van der Waals surface area contributed by atoms with Gasteiger partial charge in [-0.05, 0) is 26.2 Å². The summed E-state index contributed by atoms with van der Waals surface area (Å²) in [6, 6.07) is 0. The highest BCUT2D eigenvalue weighted by Crippen LogP contribution is 2.46. The highest BCUT2D eigenvalue weighted by molar-refractivity contribution is 8.18. The van der Waals surface area contributed by atoms with Crippen LogP contribution in [0.1, 0.15) is 39.5 Å². The predicted octanol–water partition coefficient (Wildman–Crippen LogP) is 3.36. The number of rotatable bonds is 2. The molecule has 0 aromatic heterocycles. The first-order valence-electron chi connectivity index (χ1n) is 5.38. The Morgan fingerprint density at radius 3 is 3.00 bits per heavy atom. The molecular formula is C10H19NS2. The van der Waals surface area contributed by atoms with Crippen LogP contribution in [-0.2, 0) is 0 Å². The van der Waals surface area contributed by atoms with Crippen LogP contribution in [-0.4, -0.2) is 26.8 Å². The Labute approximate surface area is 90.0 Å². The molecule has 2 saturated heterocycles. The maximum Gasteiger partial charge on any atom is 0.0578 e.